The fourth-order valence-corrected chi connectivity index (χ4v) is 3.04. The Bertz CT molecular complexity index is 243. The third-order valence-corrected chi connectivity index (χ3v) is 3.91. The predicted molar refractivity (Wildman–Crippen MR) is 63.7 cm³/mol. The van der Waals surface area contributed by atoms with E-state index < -0.39 is 0 Å². The van der Waals surface area contributed by atoms with Crippen LogP contribution in [0.2, 0.25) is 0 Å². The number of hydrogen-bond donors (Lipinski definition) is 1. The van der Waals surface area contributed by atoms with Crippen molar-refractivity contribution in [3.8, 4) is 12.3 Å². The normalized spacial score (nSPS) is 32.5. The fourth-order valence-electron chi connectivity index (χ4n) is 3.04. The summed E-state index contributed by atoms with van der Waals surface area (Å²) in [7, 11) is 0. The molecule has 2 nitrogen and oxygen atoms in total. The molecule has 0 aliphatic carbocycles. The van der Waals surface area contributed by atoms with Crippen LogP contribution in [0.5, 0.6) is 0 Å². The van der Waals surface area contributed by atoms with Gasteiger partial charge in [0.05, 0.1) is 0 Å². The minimum atomic E-state index is 0.528. The lowest BCUT2D eigenvalue weighted by molar-refractivity contribution is 0.287. The van der Waals surface area contributed by atoms with E-state index in [0.717, 1.165) is 18.9 Å². The van der Waals surface area contributed by atoms with Gasteiger partial charge >= 0.3 is 0 Å². The van der Waals surface area contributed by atoms with Crippen molar-refractivity contribution in [1.29, 1.82) is 0 Å². The summed E-state index contributed by atoms with van der Waals surface area (Å²) < 4.78 is 0. The van der Waals surface area contributed by atoms with E-state index in [1.807, 2.05) is 0 Å². The Morgan fingerprint density at radius 1 is 1.47 bits per heavy atom. The molecule has 15 heavy (non-hydrogen) atoms. The highest BCUT2D eigenvalue weighted by Crippen LogP contribution is 2.28. The summed E-state index contributed by atoms with van der Waals surface area (Å²) in [6.07, 6.45) is 11.5. The van der Waals surface area contributed by atoms with Crippen molar-refractivity contribution in [2.45, 2.75) is 57.2 Å². The van der Waals surface area contributed by atoms with Gasteiger partial charge in [0.15, 0.2) is 0 Å². The number of fused-ring (bicyclic) bond motifs is 1. The average molecular weight is 206 g/mol. The van der Waals surface area contributed by atoms with Crippen LogP contribution in [0, 0.1) is 12.3 Å². The second-order valence-electron chi connectivity index (χ2n) is 4.82. The molecule has 3 unspecified atom stereocenters. The van der Waals surface area contributed by atoms with Gasteiger partial charge in [-0.25, -0.2) is 0 Å². The van der Waals surface area contributed by atoms with E-state index >= 15 is 0 Å². The first-order chi connectivity index (χ1) is 7.35. The van der Waals surface area contributed by atoms with Crippen LogP contribution in [-0.2, 0) is 0 Å². The van der Waals surface area contributed by atoms with Gasteiger partial charge in [0.2, 0.25) is 0 Å². The van der Waals surface area contributed by atoms with Crippen LogP contribution >= 0.6 is 0 Å². The quantitative estimate of drug-likeness (QED) is 0.703. The lowest BCUT2D eigenvalue weighted by Gasteiger charge is -2.25. The van der Waals surface area contributed by atoms with Gasteiger partial charge < -0.3 is 5.32 Å². The third kappa shape index (κ3) is 2.35. The predicted octanol–water partition coefficient (Wildman–Crippen LogP) is 1.61. The molecule has 2 fully saturated rings. The summed E-state index contributed by atoms with van der Waals surface area (Å²) in [6, 6.07) is 2.03. The van der Waals surface area contributed by atoms with Crippen molar-refractivity contribution in [1.82, 2.24) is 10.2 Å². The highest BCUT2D eigenvalue weighted by molar-refractivity contribution is 4.98. The van der Waals surface area contributed by atoms with Crippen molar-refractivity contribution < 1.29 is 0 Å². The van der Waals surface area contributed by atoms with Gasteiger partial charge in [0, 0.05) is 31.1 Å². The standard InChI is InChI=1S/C13H22N2/c1-3-6-11(4-2)14-12-8-10-15-9-5-7-13(12)15/h1,11-14H,4-10H2,2H3. The molecule has 0 amide bonds. The topological polar surface area (TPSA) is 15.3 Å². The highest BCUT2D eigenvalue weighted by Gasteiger charge is 2.37. The van der Waals surface area contributed by atoms with Crippen molar-refractivity contribution in [3.05, 3.63) is 0 Å². The molecule has 0 aromatic heterocycles. The Labute approximate surface area is 93.4 Å². The highest BCUT2D eigenvalue weighted by atomic mass is 15.2. The Morgan fingerprint density at radius 3 is 3.07 bits per heavy atom. The van der Waals surface area contributed by atoms with Gasteiger partial charge in [-0.3, -0.25) is 4.90 Å². The molecule has 3 atom stereocenters. The van der Waals surface area contributed by atoms with Gasteiger partial charge in [0.1, 0.15) is 0 Å². The SMILES string of the molecule is C#CCC(CC)NC1CCN2CCCC12. The van der Waals surface area contributed by atoms with Crippen LogP contribution in [0.4, 0.5) is 0 Å². The fraction of sp³-hybridized carbons (Fsp3) is 0.846. The van der Waals surface area contributed by atoms with Gasteiger partial charge in [-0.1, -0.05) is 6.92 Å². The summed E-state index contributed by atoms with van der Waals surface area (Å²) in [4.78, 5) is 2.64. The van der Waals surface area contributed by atoms with Crippen LogP contribution in [0.1, 0.15) is 39.0 Å². The molecule has 0 aromatic carbocycles. The smallest absolute Gasteiger partial charge is 0.0250 e. The van der Waals surface area contributed by atoms with E-state index in [4.69, 9.17) is 6.42 Å². The minimum Gasteiger partial charge on any atom is -0.309 e. The number of hydrogen-bond acceptors (Lipinski definition) is 2. The molecule has 84 valence electrons. The number of terminal acetylenes is 1. The van der Waals surface area contributed by atoms with Crippen molar-refractivity contribution in [2.24, 2.45) is 0 Å². The molecule has 0 spiro atoms. The van der Waals surface area contributed by atoms with Crippen molar-refractivity contribution in [3.63, 3.8) is 0 Å². The van der Waals surface area contributed by atoms with Crippen LogP contribution in [0.3, 0.4) is 0 Å². The van der Waals surface area contributed by atoms with E-state index in [2.05, 4.69) is 23.1 Å². The van der Waals surface area contributed by atoms with E-state index in [0.29, 0.717) is 12.1 Å². The van der Waals surface area contributed by atoms with Crippen molar-refractivity contribution >= 4 is 0 Å². The zero-order valence-corrected chi connectivity index (χ0v) is 9.71. The van der Waals surface area contributed by atoms with Crippen LogP contribution in [-0.4, -0.2) is 36.1 Å². The van der Waals surface area contributed by atoms with Crippen molar-refractivity contribution in [2.75, 3.05) is 13.1 Å². The maximum absolute atomic E-state index is 5.39. The second-order valence-corrected chi connectivity index (χ2v) is 4.82. The molecule has 2 aliphatic rings. The van der Waals surface area contributed by atoms with Crippen LogP contribution in [0.25, 0.3) is 0 Å². The molecule has 0 saturated carbocycles. The zero-order valence-electron chi connectivity index (χ0n) is 9.71. The molecule has 2 rings (SSSR count). The van der Waals surface area contributed by atoms with E-state index in [-0.39, 0.29) is 0 Å². The minimum absolute atomic E-state index is 0.528. The van der Waals surface area contributed by atoms with Gasteiger partial charge in [-0.15, -0.1) is 12.3 Å². The molecule has 1 N–H and O–H groups in total. The molecule has 2 saturated heterocycles. The molecule has 0 bridgehead atoms. The van der Waals surface area contributed by atoms with E-state index in [9.17, 15) is 0 Å². The maximum atomic E-state index is 5.39. The Morgan fingerprint density at radius 2 is 2.33 bits per heavy atom. The first kappa shape index (κ1) is 11.0. The monoisotopic (exact) mass is 206 g/mol. The Kier molecular flexibility index (Phi) is 3.66. The molecule has 2 aliphatic heterocycles. The Hall–Kier alpha value is -0.520. The third-order valence-electron chi connectivity index (χ3n) is 3.91. The summed E-state index contributed by atoms with van der Waals surface area (Å²) >= 11 is 0. The number of nitrogens with zero attached hydrogens (tertiary/aromatic N) is 1. The van der Waals surface area contributed by atoms with Crippen LogP contribution < -0.4 is 5.32 Å². The number of rotatable bonds is 4. The average Bonchev–Trinajstić information content (AvgIpc) is 2.81. The summed E-state index contributed by atoms with van der Waals surface area (Å²) in [5.74, 6) is 2.78. The molecular weight excluding hydrogens is 184 g/mol. The van der Waals surface area contributed by atoms with Gasteiger partial charge in [0.25, 0.3) is 0 Å². The van der Waals surface area contributed by atoms with E-state index in [1.165, 1.54) is 32.4 Å². The Balaban J connectivity index is 1.86. The maximum Gasteiger partial charge on any atom is 0.0250 e. The van der Waals surface area contributed by atoms with E-state index in [1.54, 1.807) is 0 Å². The first-order valence-corrected chi connectivity index (χ1v) is 6.28. The lowest BCUT2D eigenvalue weighted by Crippen LogP contribution is -2.44. The molecular formula is C13H22N2. The first-order valence-electron chi connectivity index (χ1n) is 6.28. The summed E-state index contributed by atoms with van der Waals surface area (Å²) in [6.45, 7) is 4.82. The lowest BCUT2D eigenvalue weighted by atomic mass is 10.0. The molecule has 2 heteroatoms. The van der Waals surface area contributed by atoms with Gasteiger partial charge in [-0.2, -0.15) is 0 Å². The molecule has 0 radical (unpaired) electrons. The summed E-state index contributed by atoms with van der Waals surface area (Å²) in [5, 5.41) is 3.75. The molecule has 0 aromatic rings. The van der Waals surface area contributed by atoms with Gasteiger partial charge in [-0.05, 0) is 32.2 Å². The largest absolute Gasteiger partial charge is 0.309 e. The number of nitrogens with one attached hydrogen (secondary N) is 1. The molecule has 2 heterocycles. The zero-order chi connectivity index (χ0) is 10.7. The second kappa shape index (κ2) is 5.01. The summed E-state index contributed by atoms with van der Waals surface area (Å²) in [5.41, 5.74) is 0. The van der Waals surface area contributed by atoms with Crippen LogP contribution in [0.15, 0.2) is 0 Å².